The second kappa shape index (κ2) is 6.60. The number of methoxy groups -OCH3 is 1. The van der Waals surface area contributed by atoms with Gasteiger partial charge in [0.2, 0.25) is 0 Å². The third kappa shape index (κ3) is 2.87. The van der Waals surface area contributed by atoms with E-state index < -0.39 is 11.7 Å². The highest BCUT2D eigenvalue weighted by Gasteiger charge is 2.30. The lowest BCUT2D eigenvalue weighted by atomic mass is 10.1. The second-order valence-electron chi connectivity index (χ2n) is 5.89. The van der Waals surface area contributed by atoms with Gasteiger partial charge in [0.1, 0.15) is 6.10 Å². The van der Waals surface area contributed by atoms with Gasteiger partial charge in [0.15, 0.2) is 0 Å². The number of fused-ring (bicyclic) bond motifs is 1. The van der Waals surface area contributed by atoms with E-state index in [1.165, 1.54) is 6.07 Å². The standard InChI is InChI=1S/C17H20N2O5/c1-3-19-15(20)11-8-7-10(9-12(11)18-17(19)22)16(21)24-14-6-4-5-13(14)23-2/h7-9,13-14H,3-6H2,1-2H3,(H,18,22)/t13-,14+/m1/s1. The molecule has 0 spiro atoms. The Kier molecular flexibility index (Phi) is 4.53. The van der Waals surface area contributed by atoms with E-state index in [0.29, 0.717) is 16.5 Å². The van der Waals surface area contributed by atoms with Gasteiger partial charge < -0.3 is 14.5 Å². The van der Waals surface area contributed by atoms with Gasteiger partial charge in [-0.15, -0.1) is 0 Å². The molecular formula is C17H20N2O5. The SMILES string of the molecule is CCn1c(=O)[nH]c2cc(C(=O)O[C@H]3CCC[C@H]3OC)ccc2c1=O. The fourth-order valence-corrected chi connectivity index (χ4v) is 3.17. The highest BCUT2D eigenvalue weighted by molar-refractivity contribution is 5.94. The zero-order valence-electron chi connectivity index (χ0n) is 13.7. The first kappa shape index (κ1) is 16.4. The minimum Gasteiger partial charge on any atom is -0.456 e. The first-order valence-corrected chi connectivity index (χ1v) is 8.05. The summed E-state index contributed by atoms with van der Waals surface area (Å²) in [5.74, 6) is -0.480. The molecule has 24 heavy (non-hydrogen) atoms. The first-order valence-electron chi connectivity index (χ1n) is 8.05. The lowest BCUT2D eigenvalue weighted by Crippen LogP contribution is -2.34. The molecule has 0 radical (unpaired) electrons. The molecule has 0 aliphatic heterocycles. The molecule has 0 amide bonds. The maximum atomic E-state index is 12.3. The monoisotopic (exact) mass is 332 g/mol. The molecular weight excluding hydrogens is 312 g/mol. The van der Waals surface area contributed by atoms with Crippen molar-refractivity contribution >= 4 is 16.9 Å². The third-order valence-corrected chi connectivity index (χ3v) is 4.49. The van der Waals surface area contributed by atoms with Crippen molar-refractivity contribution in [3.8, 4) is 0 Å². The fourth-order valence-electron chi connectivity index (χ4n) is 3.17. The normalized spacial score (nSPS) is 20.4. The van der Waals surface area contributed by atoms with Gasteiger partial charge in [0, 0.05) is 13.7 Å². The number of nitrogens with zero attached hydrogens (tertiary/aromatic N) is 1. The molecule has 0 saturated heterocycles. The van der Waals surface area contributed by atoms with E-state index in [1.807, 2.05) is 0 Å². The van der Waals surface area contributed by atoms with Crippen LogP contribution in [0.2, 0.25) is 0 Å². The van der Waals surface area contributed by atoms with E-state index >= 15 is 0 Å². The van der Waals surface area contributed by atoms with Crippen molar-refractivity contribution < 1.29 is 14.3 Å². The number of aromatic amines is 1. The summed E-state index contributed by atoms with van der Waals surface area (Å²) in [6, 6.07) is 4.57. The van der Waals surface area contributed by atoms with Crippen LogP contribution in [0, 0.1) is 0 Å². The van der Waals surface area contributed by atoms with Crippen molar-refractivity contribution in [3.63, 3.8) is 0 Å². The highest BCUT2D eigenvalue weighted by Crippen LogP contribution is 2.25. The molecule has 0 unspecified atom stereocenters. The Balaban J connectivity index is 1.92. The zero-order chi connectivity index (χ0) is 17.3. The van der Waals surface area contributed by atoms with Gasteiger partial charge in [-0.05, 0) is 44.4 Å². The van der Waals surface area contributed by atoms with Crippen LogP contribution in [-0.4, -0.2) is 34.8 Å². The molecule has 0 bridgehead atoms. The number of aromatic nitrogens is 2. The summed E-state index contributed by atoms with van der Waals surface area (Å²) in [5.41, 5.74) is -0.227. The molecule has 1 aliphatic carbocycles. The molecule has 1 saturated carbocycles. The summed E-state index contributed by atoms with van der Waals surface area (Å²) >= 11 is 0. The molecule has 2 aromatic rings. The van der Waals surface area contributed by atoms with Crippen LogP contribution in [-0.2, 0) is 16.0 Å². The van der Waals surface area contributed by atoms with Crippen LogP contribution >= 0.6 is 0 Å². The van der Waals surface area contributed by atoms with E-state index in [4.69, 9.17) is 9.47 Å². The molecule has 1 aromatic heterocycles. The predicted octanol–water partition coefficient (Wildman–Crippen LogP) is 1.43. The van der Waals surface area contributed by atoms with Gasteiger partial charge in [-0.25, -0.2) is 9.59 Å². The number of nitrogens with one attached hydrogen (secondary N) is 1. The zero-order valence-corrected chi connectivity index (χ0v) is 13.7. The summed E-state index contributed by atoms with van der Waals surface area (Å²) < 4.78 is 11.9. The summed E-state index contributed by atoms with van der Waals surface area (Å²) in [5, 5.41) is 0.364. The molecule has 1 aliphatic rings. The molecule has 1 heterocycles. The van der Waals surface area contributed by atoms with Gasteiger partial charge in [-0.2, -0.15) is 0 Å². The number of hydrogen-bond acceptors (Lipinski definition) is 5. The Morgan fingerprint density at radius 3 is 2.75 bits per heavy atom. The van der Waals surface area contributed by atoms with Gasteiger partial charge in [-0.1, -0.05) is 0 Å². The summed E-state index contributed by atoms with van der Waals surface area (Å²) in [4.78, 5) is 39.1. The average Bonchev–Trinajstić information content (AvgIpc) is 3.01. The molecule has 128 valence electrons. The molecule has 1 aromatic carbocycles. The molecule has 1 fully saturated rings. The smallest absolute Gasteiger partial charge is 0.338 e. The van der Waals surface area contributed by atoms with Crippen molar-refractivity contribution in [2.75, 3.05) is 7.11 Å². The van der Waals surface area contributed by atoms with Crippen LogP contribution in [0.1, 0.15) is 36.5 Å². The molecule has 1 N–H and O–H groups in total. The lowest BCUT2D eigenvalue weighted by Gasteiger charge is -2.18. The number of ether oxygens (including phenoxy) is 2. The largest absolute Gasteiger partial charge is 0.456 e. The van der Waals surface area contributed by atoms with Crippen molar-refractivity contribution in [1.29, 1.82) is 0 Å². The summed E-state index contributed by atoms with van der Waals surface area (Å²) in [6.07, 6.45) is 2.26. The molecule has 7 nitrogen and oxygen atoms in total. The van der Waals surface area contributed by atoms with E-state index in [0.717, 1.165) is 23.8 Å². The topological polar surface area (TPSA) is 90.4 Å². The maximum Gasteiger partial charge on any atom is 0.338 e. The van der Waals surface area contributed by atoms with E-state index in [-0.39, 0.29) is 24.3 Å². The average molecular weight is 332 g/mol. The maximum absolute atomic E-state index is 12.3. The Labute approximate surface area is 138 Å². The number of rotatable bonds is 4. The van der Waals surface area contributed by atoms with Gasteiger partial charge in [-0.3, -0.25) is 9.36 Å². The Morgan fingerprint density at radius 2 is 2.04 bits per heavy atom. The number of carbonyl (C=O) groups is 1. The van der Waals surface area contributed by atoms with E-state index in [2.05, 4.69) is 4.98 Å². The predicted molar refractivity (Wildman–Crippen MR) is 88.4 cm³/mol. The summed E-state index contributed by atoms with van der Waals surface area (Å²) in [6.45, 7) is 2.01. The van der Waals surface area contributed by atoms with Crippen LogP contribution in [0.15, 0.2) is 27.8 Å². The van der Waals surface area contributed by atoms with Crippen LogP contribution in [0.25, 0.3) is 10.9 Å². The van der Waals surface area contributed by atoms with Crippen molar-refractivity contribution in [2.45, 2.75) is 44.9 Å². The van der Waals surface area contributed by atoms with Gasteiger partial charge >= 0.3 is 11.7 Å². The number of H-pyrrole nitrogens is 1. The van der Waals surface area contributed by atoms with Gasteiger partial charge in [0.05, 0.1) is 22.6 Å². The Morgan fingerprint density at radius 1 is 1.29 bits per heavy atom. The number of esters is 1. The fraction of sp³-hybridized carbons (Fsp3) is 0.471. The van der Waals surface area contributed by atoms with E-state index in [1.54, 1.807) is 26.2 Å². The van der Waals surface area contributed by atoms with Crippen molar-refractivity contribution in [2.24, 2.45) is 0 Å². The number of benzene rings is 1. The lowest BCUT2D eigenvalue weighted by molar-refractivity contribution is -0.0206. The van der Waals surface area contributed by atoms with Crippen LogP contribution < -0.4 is 11.2 Å². The minimum absolute atomic E-state index is 0.0778. The minimum atomic E-state index is -0.490. The highest BCUT2D eigenvalue weighted by atomic mass is 16.6. The molecule has 2 atom stereocenters. The summed E-state index contributed by atoms with van der Waals surface area (Å²) in [7, 11) is 1.61. The van der Waals surface area contributed by atoms with Crippen LogP contribution in [0.5, 0.6) is 0 Å². The number of carbonyl (C=O) groups excluding carboxylic acids is 1. The first-order chi connectivity index (χ1) is 11.5. The third-order valence-electron chi connectivity index (χ3n) is 4.49. The Bertz CT molecular complexity index is 883. The molecule has 7 heteroatoms. The number of hydrogen-bond donors (Lipinski definition) is 1. The van der Waals surface area contributed by atoms with E-state index in [9.17, 15) is 14.4 Å². The van der Waals surface area contributed by atoms with Crippen LogP contribution in [0.4, 0.5) is 0 Å². The second-order valence-corrected chi connectivity index (χ2v) is 5.89. The molecule has 3 rings (SSSR count). The van der Waals surface area contributed by atoms with Crippen LogP contribution in [0.3, 0.4) is 0 Å². The quantitative estimate of drug-likeness (QED) is 0.856. The van der Waals surface area contributed by atoms with Crippen molar-refractivity contribution in [1.82, 2.24) is 9.55 Å². The van der Waals surface area contributed by atoms with Gasteiger partial charge in [0.25, 0.3) is 5.56 Å². The Hall–Kier alpha value is -2.41. The van der Waals surface area contributed by atoms with Crippen molar-refractivity contribution in [3.05, 3.63) is 44.6 Å².